The molecule has 1 saturated carbocycles. The molecular weight excluding hydrogens is 288 g/mol. The van der Waals surface area contributed by atoms with E-state index in [1.54, 1.807) is 6.20 Å². The van der Waals surface area contributed by atoms with Crippen LogP contribution in [0.15, 0.2) is 24.4 Å². The first-order valence-electron chi connectivity index (χ1n) is 7.46. The van der Waals surface area contributed by atoms with Crippen LogP contribution in [0.3, 0.4) is 0 Å². The minimum atomic E-state index is -0.511. The number of nitrogens with one attached hydrogen (secondary N) is 1. The quantitative estimate of drug-likeness (QED) is 0.850. The number of carbonyl (C=O) groups is 1. The van der Waals surface area contributed by atoms with Crippen molar-refractivity contribution in [1.82, 2.24) is 10.3 Å². The molecule has 0 saturated heterocycles. The molecule has 1 amide bonds. The molecule has 0 aromatic carbocycles. The molecule has 0 aliphatic heterocycles. The van der Waals surface area contributed by atoms with Gasteiger partial charge in [0.1, 0.15) is 6.10 Å². The molecule has 1 fully saturated rings. The van der Waals surface area contributed by atoms with E-state index in [1.165, 1.54) is 0 Å². The smallest absolute Gasteiger partial charge is 0.227 e. The largest absolute Gasteiger partial charge is 0.474 e. The van der Waals surface area contributed by atoms with Crippen LogP contribution in [0, 0.1) is 5.41 Å². The third-order valence-electron chi connectivity index (χ3n) is 3.88. The van der Waals surface area contributed by atoms with Crippen molar-refractivity contribution in [3.8, 4) is 5.88 Å². The minimum absolute atomic E-state index is 0.0339. The maximum Gasteiger partial charge on any atom is 0.227 e. The van der Waals surface area contributed by atoms with Gasteiger partial charge in [-0.3, -0.25) is 4.79 Å². The number of ether oxygens (including phenoxy) is 1. The first kappa shape index (κ1) is 16.1. The average Bonchev–Trinajstić information content (AvgIpc) is 2.50. The van der Waals surface area contributed by atoms with Gasteiger partial charge in [-0.25, -0.2) is 4.98 Å². The zero-order chi connectivity index (χ0) is 15.3. The summed E-state index contributed by atoms with van der Waals surface area (Å²) in [6.45, 7) is 3.73. The number of rotatable bonds is 5. The van der Waals surface area contributed by atoms with Gasteiger partial charge in [0.2, 0.25) is 11.8 Å². The Hall–Kier alpha value is -1.29. The minimum Gasteiger partial charge on any atom is -0.474 e. The zero-order valence-electron chi connectivity index (χ0n) is 12.6. The van der Waals surface area contributed by atoms with Crippen LogP contribution < -0.4 is 10.1 Å². The molecule has 0 unspecified atom stereocenters. The van der Waals surface area contributed by atoms with E-state index in [0.29, 0.717) is 11.8 Å². The van der Waals surface area contributed by atoms with Crippen LogP contribution in [0.2, 0.25) is 0 Å². The van der Waals surface area contributed by atoms with E-state index in [2.05, 4.69) is 10.3 Å². The van der Waals surface area contributed by atoms with Crippen molar-refractivity contribution in [2.45, 2.75) is 51.7 Å². The molecule has 4 nitrogen and oxygen atoms in total. The number of halogens is 1. The third kappa shape index (κ3) is 4.60. The summed E-state index contributed by atoms with van der Waals surface area (Å²) in [5, 5.41) is 3.10. The third-order valence-corrected chi connectivity index (χ3v) is 4.55. The van der Waals surface area contributed by atoms with Gasteiger partial charge in [-0.2, -0.15) is 0 Å². The first-order chi connectivity index (χ1) is 10.0. The van der Waals surface area contributed by atoms with Crippen molar-refractivity contribution in [3.05, 3.63) is 24.4 Å². The topological polar surface area (TPSA) is 51.2 Å². The van der Waals surface area contributed by atoms with Crippen LogP contribution in [-0.2, 0) is 4.79 Å². The van der Waals surface area contributed by atoms with Gasteiger partial charge in [0.25, 0.3) is 0 Å². The number of hydrogen-bond donors (Lipinski definition) is 1. The molecule has 116 valence electrons. The Bertz CT molecular complexity index is 457. The maximum atomic E-state index is 12.1. The van der Waals surface area contributed by atoms with Crippen LogP contribution in [0.5, 0.6) is 5.88 Å². The Morgan fingerprint density at radius 3 is 2.67 bits per heavy atom. The second-order valence-electron chi connectivity index (χ2n) is 6.25. The fourth-order valence-corrected chi connectivity index (χ4v) is 2.48. The lowest BCUT2D eigenvalue weighted by atomic mass is 9.90. The molecule has 2 rings (SSSR count). The Morgan fingerprint density at radius 2 is 2.10 bits per heavy atom. The molecule has 1 aromatic heterocycles. The number of hydrogen-bond acceptors (Lipinski definition) is 3. The summed E-state index contributed by atoms with van der Waals surface area (Å²) in [7, 11) is 0. The monoisotopic (exact) mass is 310 g/mol. The molecule has 1 aliphatic rings. The van der Waals surface area contributed by atoms with Crippen molar-refractivity contribution in [2.75, 3.05) is 5.88 Å². The second-order valence-corrected chi connectivity index (χ2v) is 6.52. The summed E-state index contributed by atoms with van der Waals surface area (Å²) in [6.07, 6.45) is 5.65. The van der Waals surface area contributed by atoms with Crippen molar-refractivity contribution in [1.29, 1.82) is 0 Å². The van der Waals surface area contributed by atoms with E-state index in [9.17, 15) is 4.79 Å². The lowest BCUT2D eigenvalue weighted by Crippen LogP contribution is -2.46. The van der Waals surface area contributed by atoms with Crippen LogP contribution in [0.4, 0.5) is 0 Å². The molecule has 1 aromatic rings. The van der Waals surface area contributed by atoms with Crippen molar-refractivity contribution in [2.24, 2.45) is 5.41 Å². The molecule has 1 aliphatic carbocycles. The highest BCUT2D eigenvalue weighted by atomic mass is 35.5. The zero-order valence-corrected chi connectivity index (χ0v) is 13.4. The number of alkyl halides is 1. The fourth-order valence-electron chi connectivity index (χ4n) is 2.35. The van der Waals surface area contributed by atoms with E-state index in [4.69, 9.17) is 16.3 Å². The van der Waals surface area contributed by atoms with Gasteiger partial charge in [-0.05, 0) is 45.6 Å². The van der Waals surface area contributed by atoms with Crippen molar-refractivity contribution < 1.29 is 9.53 Å². The summed E-state index contributed by atoms with van der Waals surface area (Å²) in [4.78, 5) is 16.3. The molecule has 1 heterocycles. The van der Waals surface area contributed by atoms with Crippen molar-refractivity contribution in [3.63, 3.8) is 0 Å². The summed E-state index contributed by atoms with van der Waals surface area (Å²) in [5.74, 6) is 1.04. The highest BCUT2D eigenvalue weighted by Gasteiger charge is 2.30. The van der Waals surface area contributed by atoms with Gasteiger partial charge in [0.05, 0.1) is 5.41 Å². The highest BCUT2D eigenvalue weighted by molar-refractivity contribution is 6.19. The Labute approximate surface area is 131 Å². The van der Waals surface area contributed by atoms with E-state index in [-0.39, 0.29) is 18.1 Å². The molecule has 0 spiro atoms. The highest BCUT2D eigenvalue weighted by Crippen LogP contribution is 2.24. The summed E-state index contributed by atoms with van der Waals surface area (Å²) < 4.78 is 5.85. The van der Waals surface area contributed by atoms with E-state index >= 15 is 0 Å². The standard InChI is InChI=1S/C16H23ClN2O2/c1-16(2,11-17)15(20)19-12-6-8-13(9-7-12)21-14-5-3-4-10-18-14/h3-5,10,12-13H,6-9,11H2,1-2H3,(H,19,20). The summed E-state index contributed by atoms with van der Waals surface area (Å²) in [5.41, 5.74) is -0.511. The number of aromatic nitrogens is 1. The van der Waals surface area contributed by atoms with Crippen LogP contribution in [0.25, 0.3) is 0 Å². The van der Waals surface area contributed by atoms with Gasteiger partial charge in [-0.1, -0.05) is 6.07 Å². The second kappa shape index (κ2) is 7.12. The SMILES string of the molecule is CC(C)(CCl)C(=O)NC1CCC(Oc2ccccn2)CC1. The van der Waals surface area contributed by atoms with E-state index in [0.717, 1.165) is 25.7 Å². The molecule has 0 bridgehead atoms. The van der Waals surface area contributed by atoms with Gasteiger partial charge in [0, 0.05) is 24.2 Å². The maximum absolute atomic E-state index is 12.1. The fraction of sp³-hybridized carbons (Fsp3) is 0.625. The Morgan fingerprint density at radius 1 is 1.38 bits per heavy atom. The normalized spacial score (nSPS) is 22.6. The van der Waals surface area contributed by atoms with Crippen molar-refractivity contribution >= 4 is 17.5 Å². The molecule has 0 radical (unpaired) electrons. The number of pyridine rings is 1. The molecule has 5 heteroatoms. The van der Waals surface area contributed by atoms with Gasteiger partial charge in [-0.15, -0.1) is 11.6 Å². The molecule has 1 N–H and O–H groups in total. The Kier molecular flexibility index (Phi) is 5.45. The van der Waals surface area contributed by atoms with E-state index in [1.807, 2.05) is 32.0 Å². The number of amides is 1. The van der Waals surface area contributed by atoms with Gasteiger partial charge in [0.15, 0.2) is 0 Å². The summed E-state index contributed by atoms with van der Waals surface area (Å²) in [6, 6.07) is 5.89. The molecule has 21 heavy (non-hydrogen) atoms. The average molecular weight is 311 g/mol. The lowest BCUT2D eigenvalue weighted by Gasteiger charge is -2.31. The molecule has 0 atom stereocenters. The summed E-state index contributed by atoms with van der Waals surface area (Å²) >= 11 is 5.83. The number of nitrogens with zero attached hydrogens (tertiary/aromatic N) is 1. The predicted molar refractivity (Wildman–Crippen MR) is 83.6 cm³/mol. The van der Waals surface area contributed by atoms with Crippen LogP contribution in [0.1, 0.15) is 39.5 Å². The first-order valence-corrected chi connectivity index (χ1v) is 7.99. The van der Waals surface area contributed by atoms with Crippen LogP contribution in [-0.4, -0.2) is 28.9 Å². The number of carbonyl (C=O) groups excluding carboxylic acids is 1. The van der Waals surface area contributed by atoms with E-state index < -0.39 is 5.41 Å². The Balaban J connectivity index is 1.77. The van der Waals surface area contributed by atoms with Gasteiger partial charge < -0.3 is 10.1 Å². The van der Waals surface area contributed by atoms with Gasteiger partial charge >= 0.3 is 0 Å². The lowest BCUT2D eigenvalue weighted by molar-refractivity contribution is -0.129. The van der Waals surface area contributed by atoms with Crippen LogP contribution >= 0.6 is 11.6 Å². The predicted octanol–water partition coefficient (Wildman–Crippen LogP) is 3.15. The molecular formula is C16H23ClN2O2.